The van der Waals surface area contributed by atoms with Gasteiger partial charge in [0.2, 0.25) is 0 Å². The molecule has 16 heavy (non-hydrogen) atoms. The third-order valence-corrected chi connectivity index (χ3v) is 3.33. The topological polar surface area (TPSA) is 30.5 Å². The first-order valence-corrected chi connectivity index (χ1v) is 5.89. The molecule has 2 aliphatic rings. The second-order valence-corrected chi connectivity index (χ2v) is 4.85. The average molecular weight is 219 g/mol. The molecule has 2 aliphatic heterocycles. The minimum absolute atomic E-state index is 0.139. The molecule has 1 N–H and O–H groups in total. The Morgan fingerprint density at radius 2 is 2.38 bits per heavy atom. The summed E-state index contributed by atoms with van der Waals surface area (Å²) in [6, 6.07) is 6.30. The molecule has 1 atom stereocenters. The number of hydrogen-bond donors (Lipinski definition) is 1. The zero-order valence-corrected chi connectivity index (χ0v) is 9.58. The van der Waals surface area contributed by atoms with Gasteiger partial charge < -0.3 is 14.8 Å². The van der Waals surface area contributed by atoms with Crippen LogP contribution in [0.25, 0.3) is 0 Å². The SMILES string of the molecule is CC1(Oc2ccc3c(c2)CCN3)CCOC1. The molecule has 0 radical (unpaired) electrons. The van der Waals surface area contributed by atoms with Gasteiger partial charge in [-0.3, -0.25) is 0 Å². The van der Waals surface area contributed by atoms with E-state index in [1.807, 2.05) is 6.07 Å². The van der Waals surface area contributed by atoms with Gasteiger partial charge in [-0.25, -0.2) is 0 Å². The molecule has 0 aliphatic carbocycles. The van der Waals surface area contributed by atoms with Crippen LogP contribution in [0.1, 0.15) is 18.9 Å². The van der Waals surface area contributed by atoms with Gasteiger partial charge in [0.15, 0.2) is 0 Å². The molecule has 0 bridgehead atoms. The van der Waals surface area contributed by atoms with Crippen molar-refractivity contribution in [2.45, 2.75) is 25.4 Å². The molecule has 0 aromatic heterocycles. The molecule has 0 amide bonds. The fourth-order valence-electron chi connectivity index (χ4n) is 2.36. The molecule has 1 aromatic carbocycles. The van der Waals surface area contributed by atoms with Gasteiger partial charge >= 0.3 is 0 Å². The highest BCUT2D eigenvalue weighted by atomic mass is 16.6. The summed E-state index contributed by atoms with van der Waals surface area (Å²) < 4.78 is 11.4. The lowest BCUT2D eigenvalue weighted by Crippen LogP contribution is -2.32. The Balaban J connectivity index is 1.80. The molecule has 86 valence electrons. The molecule has 1 saturated heterocycles. The number of ether oxygens (including phenoxy) is 2. The number of fused-ring (bicyclic) bond motifs is 1. The Morgan fingerprint density at radius 3 is 3.19 bits per heavy atom. The van der Waals surface area contributed by atoms with Crippen molar-refractivity contribution in [3.8, 4) is 5.75 Å². The summed E-state index contributed by atoms with van der Waals surface area (Å²) in [6.07, 6.45) is 2.07. The van der Waals surface area contributed by atoms with E-state index in [4.69, 9.17) is 9.47 Å². The molecule has 3 rings (SSSR count). The van der Waals surface area contributed by atoms with Crippen LogP contribution in [0, 0.1) is 0 Å². The minimum atomic E-state index is -0.139. The highest BCUT2D eigenvalue weighted by Gasteiger charge is 2.32. The first-order chi connectivity index (χ1) is 7.75. The Kier molecular flexibility index (Phi) is 2.28. The van der Waals surface area contributed by atoms with Crippen LogP contribution in [0.5, 0.6) is 5.75 Å². The van der Waals surface area contributed by atoms with E-state index >= 15 is 0 Å². The maximum absolute atomic E-state index is 6.04. The van der Waals surface area contributed by atoms with E-state index in [0.29, 0.717) is 6.61 Å². The van der Waals surface area contributed by atoms with Crippen LogP contribution in [-0.4, -0.2) is 25.4 Å². The largest absolute Gasteiger partial charge is 0.485 e. The van der Waals surface area contributed by atoms with Gasteiger partial charge in [0.1, 0.15) is 11.4 Å². The monoisotopic (exact) mass is 219 g/mol. The van der Waals surface area contributed by atoms with Crippen LogP contribution in [0.3, 0.4) is 0 Å². The van der Waals surface area contributed by atoms with E-state index < -0.39 is 0 Å². The van der Waals surface area contributed by atoms with E-state index in [-0.39, 0.29) is 5.60 Å². The summed E-state index contributed by atoms with van der Waals surface area (Å²) in [5, 5.41) is 3.35. The van der Waals surface area contributed by atoms with Crippen molar-refractivity contribution in [1.29, 1.82) is 0 Å². The molecule has 0 saturated carbocycles. The Labute approximate surface area is 95.8 Å². The van der Waals surface area contributed by atoms with Crippen molar-refractivity contribution in [2.75, 3.05) is 25.1 Å². The van der Waals surface area contributed by atoms with Gasteiger partial charge in [0, 0.05) is 18.7 Å². The first kappa shape index (κ1) is 9.97. The lowest BCUT2D eigenvalue weighted by atomic mass is 10.1. The van der Waals surface area contributed by atoms with Crippen LogP contribution in [0.15, 0.2) is 18.2 Å². The van der Waals surface area contributed by atoms with E-state index in [0.717, 1.165) is 31.7 Å². The van der Waals surface area contributed by atoms with Gasteiger partial charge in [-0.1, -0.05) is 0 Å². The van der Waals surface area contributed by atoms with Crippen molar-refractivity contribution in [3.63, 3.8) is 0 Å². The second-order valence-electron chi connectivity index (χ2n) is 4.85. The lowest BCUT2D eigenvalue weighted by Gasteiger charge is -2.24. The number of benzene rings is 1. The molecule has 1 aromatic rings. The summed E-state index contributed by atoms with van der Waals surface area (Å²) in [6.45, 7) is 4.66. The fourth-order valence-corrected chi connectivity index (χ4v) is 2.36. The maximum Gasteiger partial charge on any atom is 0.132 e. The number of rotatable bonds is 2. The molecule has 1 fully saturated rings. The Bertz CT molecular complexity index is 397. The fraction of sp³-hybridized carbons (Fsp3) is 0.538. The molecule has 3 nitrogen and oxygen atoms in total. The summed E-state index contributed by atoms with van der Waals surface area (Å²) in [4.78, 5) is 0. The van der Waals surface area contributed by atoms with E-state index in [2.05, 4.69) is 24.4 Å². The summed E-state index contributed by atoms with van der Waals surface area (Å²) >= 11 is 0. The van der Waals surface area contributed by atoms with Crippen LogP contribution in [0.4, 0.5) is 5.69 Å². The highest BCUT2D eigenvalue weighted by Crippen LogP contribution is 2.30. The van der Waals surface area contributed by atoms with Crippen LogP contribution < -0.4 is 10.1 Å². The van der Waals surface area contributed by atoms with Crippen LogP contribution in [-0.2, 0) is 11.2 Å². The molecule has 2 heterocycles. The predicted octanol–water partition coefficient (Wildman–Crippen LogP) is 2.21. The molecule has 1 unspecified atom stereocenters. The van der Waals surface area contributed by atoms with E-state index in [1.54, 1.807) is 0 Å². The minimum Gasteiger partial charge on any atom is -0.485 e. The molecule has 0 spiro atoms. The number of anilines is 1. The van der Waals surface area contributed by atoms with Crippen LogP contribution >= 0.6 is 0 Å². The van der Waals surface area contributed by atoms with Crippen molar-refractivity contribution < 1.29 is 9.47 Å². The van der Waals surface area contributed by atoms with Gasteiger partial charge in [-0.15, -0.1) is 0 Å². The molecular formula is C13H17NO2. The Morgan fingerprint density at radius 1 is 1.44 bits per heavy atom. The van der Waals surface area contributed by atoms with E-state index in [1.165, 1.54) is 11.3 Å². The van der Waals surface area contributed by atoms with Crippen molar-refractivity contribution >= 4 is 5.69 Å². The molecule has 3 heteroatoms. The van der Waals surface area contributed by atoms with E-state index in [9.17, 15) is 0 Å². The number of nitrogens with one attached hydrogen (secondary N) is 1. The third-order valence-electron chi connectivity index (χ3n) is 3.33. The number of hydrogen-bond acceptors (Lipinski definition) is 3. The van der Waals surface area contributed by atoms with Crippen LogP contribution in [0.2, 0.25) is 0 Å². The highest BCUT2D eigenvalue weighted by molar-refractivity contribution is 5.57. The standard InChI is InChI=1S/C13H17NO2/c1-13(5-7-15-9-13)16-11-2-3-12-10(8-11)4-6-14-12/h2-3,8,14H,4-7,9H2,1H3. The van der Waals surface area contributed by atoms with Gasteiger partial charge in [-0.2, -0.15) is 0 Å². The van der Waals surface area contributed by atoms with Crippen molar-refractivity contribution in [1.82, 2.24) is 0 Å². The van der Waals surface area contributed by atoms with Gasteiger partial charge in [0.25, 0.3) is 0 Å². The Hall–Kier alpha value is -1.22. The van der Waals surface area contributed by atoms with Gasteiger partial charge in [-0.05, 0) is 37.1 Å². The summed E-state index contributed by atoms with van der Waals surface area (Å²) in [5.74, 6) is 0.968. The first-order valence-electron chi connectivity index (χ1n) is 5.89. The normalized spacial score (nSPS) is 27.6. The maximum atomic E-state index is 6.04. The lowest BCUT2D eigenvalue weighted by molar-refractivity contribution is 0.0664. The second kappa shape index (κ2) is 3.67. The zero-order valence-electron chi connectivity index (χ0n) is 9.58. The van der Waals surface area contributed by atoms with Gasteiger partial charge in [0.05, 0.1) is 13.2 Å². The summed E-state index contributed by atoms with van der Waals surface area (Å²) in [5.41, 5.74) is 2.47. The smallest absolute Gasteiger partial charge is 0.132 e. The zero-order chi connectivity index (χ0) is 11.0. The average Bonchev–Trinajstić information content (AvgIpc) is 2.86. The third kappa shape index (κ3) is 1.76. The quantitative estimate of drug-likeness (QED) is 0.827. The van der Waals surface area contributed by atoms with Crippen molar-refractivity contribution in [2.24, 2.45) is 0 Å². The predicted molar refractivity (Wildman–Crippen MR) is 63.1 cm³/mol. The van der Waals surface area contributed by atoms with Crippen molar-refractivity contribution in [3.05, 3.63) is 23.8 Å². The summed E-state index contributed by atoms with van der Waals surface area (Å²) in [7, 11) is 0. The molecular weight excluding hydrogens is 202 g/mol.